The van der Waals surface area contributed by atoms with Crippen molar-refractivity contribution < 1.29 is 14.3 Å². The Balaban J connectivity index is 2.40. The van der Waals surface area contributed by atoms with E-state index >= 15 is 0 Å². The van der Waals surface area contributed by atoms with Gasteiger partial charge in [-0.1, -0.05) is 37.0 Å². The predicted octanol–water partition coefficient (Wildman–Crippen LogP) is 3.80. The summed E-state index contributed by atoms with van der Waals surface area (Å²) in [5, 5.41) is 0.374. The highest BCUT2D eigenvalue weighted by atomic mass is 35.5. The molecule has 0 spiro atoms. The maximum atomic E-state index is 11.8. The minimum Gasteiger partial charge on any atom is -0.460 e. The number of nitrogen functional groups attached to an aromatic ring is 1. The topological polar surface area (TPSA) is 61.5 Å². The minimum absolute atomic E-state index is 0.145. The molecule has 0 aliphatic heterocycles. The Morgan fingerprint density at radius 1 is 1.25 bits per heavy atom. The van der Waals surface area contributed by atoms with E-state index in [2.05, 4.69) is 13.8 Å². The van der Waals surface area contributed by atoms with Gasteiger partial charge in [0.1, 0.15) is 6.61 Å². The van der Waals surface area contributed by atoms with Crippen molar-refractivity contribution in [3.05, 3.63) is 27.7 Å². The number of carbonyl (C=O) groups is 1. The van der Waals surface area contributed by atoms with E-state index in [9.17, 15) is 4.79 Å². The molecular formula is C14H19Cl2NO3. The third-order valence-electron chi connectivity index (χ3n) is 2.57. The van der Waals surface area contributed by atoms with Gasteiger partial charge in [0.05, 0.1) is 22.2 Å². The zero-order chi connectivity index (χ0) is 15.1. The molecule has 0 aliphatic rings. The van der Waals surface area contributed by atoms with Crippen molar-refractivity contribution in [2.45, 2.75) is 20.3 Å². The van der Waals surface area contributed by atoms with E-state index < -0.39 is 5.97 Å². The summed E-state index contributed by atoms with van der Waals surface area (Å²) in [5.41, 5.74) is 6.14. The van der Waals surface area contributed by atoms with Crippen LogP contribution in [0.1, 0.15) is 30.6 Å². The summed E-state index contributed by atoms with van der Waals surface area (Å²) in [6.07, 6.45) is 0.977. The number of hydrogen-bond acceptors (Lipinski definition) is 4. The van der Waals surface area contributed by atoms with Crippen molar-refractivity contribution in [1.82, 2.24) is 0 Å². The van der Waals surface area contributed by atoms with Crippen molar-refractivity contribution in [2.75, 3.05) is 25.6 Å². The molecule has 0 fully saturated rings. The van der Waals surface area contributed by atoms with Gasteiger partial charge in [0, 0.05) is 12.3 Å². The molecule has 0 saturated heterocycles. The van der Waals surface area contributed by atoms with Gasteiger partial charge in [0.2, 0.25) is 0 Å². The maximum absolute atomic E-state index is 11.8. The summed E-state index contributed by atoms with van der Waals surface area (Å²) >= 11 is 11.8. The lowest BCUT2D eigenvalue weighted by molar-refractivity contribution is 0.0303. The van der Waals surface area contributed by atoms with E-state index in [4.69, 9.17) is 38.4 Å². The monoisotopic (exact) mass is 319 g/mol. The van der Waals surface area contributed by atoms with E-state index in [-0.39, 0.29) is 22.2 Å². The van der Waals surface area contributed by atoms with Crippen LogP contribution in [0.15, 0.2) is 12.1 Å². The van der Waals surface area contributed by atoms with Crippen molar-refractivity contribution in [1.29, 1.82) is 0 Å². The first kappa shape index (κ1) is 17.1. The van der Waals surface area contributed by atoms with Gasteiger partial charge < -0.3 is 15.2 Å². The second-order valence-corrected chi connectivity index (χ2v) is 5.58. The smallest absolute Gasteiger partial charge is 0.339 e. The number of halogens is 2. The molecule has 1 aromatic rings. The van der Waals surface area contributed by atoms with Crippen molar-refractivity contribution in [3.63, 3.8) is 0 Å². The van der Waals surface area contributed by atoms with Crippen LogP contribution in [-0.2, 0) is 9.47 Å². The molecule has 0 aliphatic carbocycles. The fraction of sp³-hybridized carbons (Fsp3) is 0.500. The Bertz CT molecular complexity index is 464. The number of benzene rings is 1. The molecule has 2 N–H and O–H groups in total. The van der Waals surface area contributed by atoms with Crippen molar-refractivity contribution in [2.24, 2.45) is 5.92 Å². The van der Waals surface area contributed by atoms with Gasteiger partial charge in [-0.15, -0.1) is 0 Å². The first-order valence-electron chi connectivity index (χ1n) is 6.41. The van der Waals surface area contributed by atoms with Gasteiger partial charge in [0.25, 0.3) is 0 Å². The summed E-state index contributed by atoms with van der Waals surface area (Å²) in [5.74, 6) is 0.0300. The van der Waals surface area contributed by atoms with Crippen LogP contribution in [0.25, 0.3) is 0 Å². The van der Waals surface area contributed by atoms with Gasteiger partial charge in [-0.3, -0.25) is 0 Å². The zero-order valence-electron chi connectivity index (χ0n) is 11.6. The third-order valence-corrected chi connectivity index (χ3v) is 3.37. The van der Waals surface area contributed by atoms with E-state index in [1.165, 1.54) is 12.1 Å². The first-order valence-corrected chi connectivity index (χ1v) is 7.16. The number of nitrogens with two attached hydrogens (primary N) is 1. The first-order chi connectivity index (χ1) is 9.41. The van der Waals surface area contributed by atoms with Crippen LogP contribution in [0.2, 0.25) is 10.0 Å². The van der Waals surface area contributed by atoms with Crippen LogP contribution in [0.4, 0.5) is 5.69 Å². The molecule has 0 bridgehead atoms. The lowest BCUT2D eigenvalue weighted by Gasteiger charge is -2.09. The summed E-state index contributed by atoms with van der Waals surface area (Å²) < 4.78 is 10.4. The second kappa shape index (κ2) is 8.35. The Morgan fingerprint density at radius 2 is 1.95 bits per heavy atom. The average molecular weight is 320 g/mol. The maximum Gasteiger partial charge on any atom is 0.339 e. The summed E-state index contributed by atoms with van der Waals surface area (Å²) in [6, 6.07) is 2.92. The second-order valence-electron chi connectivity index (χ2n) is 4.80. The van der Waals surface area contributed by atoms with E-state index in [0.717, 1.165) is 6.42 Å². The lowest BCUT2D eigenvalue weighted by atomic mass is 10.1. The number of rotatable bonds is 7. The van der Waals surface area contributed by atoms with E-state index in [1.807, 2.05) is 0 Å². The number of anilines is 1. The fourth-order valence-corrected chi connectivity index (χ4v) is 1.86. The van der Waals surface area contributed by atoms with Crippen LogP contribution >= 0.6 is 23.2 Å². The number of esters is 1. The summed E-state index contributed by atoms with van der Waals surface area (Å²) in [6.45, 7) is 5.41. The van der Waals surface area contributed by atoms with Gasteiger partial charge in [-0.2, -0.15) is 0 Å². The molecule has 0 heterocycles. The molecule has 4 nitrogen and oxygen atoms in total. The van der Waals surface area contributed by atoms with Gasteiger partial charge in [-0.05, 0) is 24.5 Å². The Kier molecular flexibility index (Phi) is 7.13. The van der Waals surface area contributed by atoms with Crippen molar-refractivity contribution >= 4 is 34.9 Å². The molecule has 1 aromatic carbocycles. The Morgan fingerprint density at radius 3 is 2.60 bits per heavy atom. The molecule has 6 heteroatoms. The Hall–Kier alpha value is -0.970. The van der Waals surface area contributed by atoms with Gasteiger partial charge in [0.15, 0.2) is 0 Å². The summed E-state index contributed by atoms with van der Waals surface area (Å²) in [7, 11) is 0. The standard InChI is InChI=1S/C14H19Cl2NO3/c1-9(2)3-4-19-5-6-20-14(18)11-7-10(17)8-12(15)13(11)16/h7-9H,3-6,17H2,1-2H3. The molecule has 0 amide bonds. The predicted molar refractivity (Wildman–Crippen MR) is 81.4 cm³/mol. The molecular weight excluding hydrogens is 301 g/mol. The lowest BCUT2D eigenvalue weighted by Crippen LogP contribution is -2.12. The van der Waals surface area contributed by atoms with E-state index in [0.29, 0.717) is 24.8 Å². The molecule has 20 heavy (non-hydrogen) atoms. The van der Waals surface area contributed by atoms with Crippen LogP contribution in [0, 0.1) is 5.92 Å². The fourth-order valence-electron chi connectivity index (χ4n) is 1.45. The third kappa shape index (κ3) is 5.57. The highest BCUT2D eigenvalue weighted by Gasteiger charge is 2.15. The molecule has 0 aromatic heterocycles. The normalized spacial score (nSPS) is 10.8. The SMILES string of the molecule is CC(C)CCOCCOC(=O)c1cc(N)cc(Cl)c1Cl. The average Bonchev–Trinajstić information content (AvgIpc) is 2.37. The molecule has 0 saturated carbocycles. The van der Waals surface area contributed by atoms with Crippen LogP contribution in [0.3, 0.4) is 0 Å². The number of carbonyl (C=O) groups excluding carboxylic acids is 1. The van der Waals surface area contributed by atoms with Gasteiger partial charge in [-0.25, -0.2) is 4.79 Å². The van der Waals surface area contributed by atoms with Crippen LogP contribution in [-0.4, -0.2) is 25.8 Å². The highest BCUT2D eigenvalue weighted by molar-refractivity contribution is 6.44. The molecule has 112 valence electrons. The quantitative estimate of drug-likeness (QED) is 0.472. The summed E-state index contributed by atoms with van der Waals surface area (Å²) in [4.78, 5) is 11.8. The van der Waals surface area contributed by atoms with Crippen LogP contribution in [0.5, 0.6) is 0 Å². The van der Waals surface area contributed by atoms with Crippen LogP contribution < -0.4 is 5.73 Å². The minimum atomic E-state index is -0.559. The molecule has 1 rings (SSSR count). The molecule has 0 atom stereocenters. The van der Waals surface area contributed by atoms with Gasteiger partial charge >= 0.3 is 5.97 Å². The van der Waals surface area contributed by atoms with Crippen molar-refractivity contribution in [3.8, 4) is 0 Å². The number of hydrogen-bond donors (Lipinski definition) is 1. The molecule has 0 unspecified atom stereocenters. The largest absolute Gasteiger partial charge is 0.460 e. The Labute approximate surface area is 129 Å². The highest BCUT2D eigenvalue weighted by Crippen LogP contribution is 2.29. The zero-order valence-corrected chi connectivity index (χ0v) is 13.1. The number of ether oxygens (including phenoxy) is 2. The van der Waals surface area contributed by atoms with E-state index in [1.54, 1.807) is 0 Å². The molecule has 0 radical (unpaired) electrons.